The number of thiazole rings is 1. The zero-order chi connectivity index (χ0) is 19.4. The fourth-order valence-electron chi connectivity index (χ4n) is 2.50. The first kappa shape index (κ1) is 18.7. The van der Waals surface area contributed by atoms with Gasteiger partial charge in [-0.2, -0.15) is 0 Å². The molecule has 3 rings (SSSR count). The average Bonchev–Trinajstić information content (AvgIpc) is 3.10. The topological polar surface area (TPSA) is 72.4 Å². The third kappa shape index (κ3) is 4.20. The molecular weight excluding hydrogens is 362 g/mol. The number of carbonyl (C=O) groups excluding carboxylic acids is 2. The Hall–Kier alpha value is -3.06. The van der Waals surface area contributed by atoms with Crippen molar-refractivity contribution in [3.05, 3.63) is 65.3 Å². The number of likely N-dealkylation sites (N-methyl/N-ethyl adjacent to an activating group) is 1. The lowest BCUT2D eigenvalue weighted by Crippen LogP contribution is -2.37. The van der Waals surface area contributed by atoms with Crippen LogP contribution in [0.1, 0.15) is 22.3 Å². The molecule has 0 aliphatic heterocycles. The molecule has 6 nitrogen and oxygen atoms in total. The number of para-hydroxylation sites is 1. The maximum Gasteiger partial charge on any atom is 0.351 e. The van der Waals surface area contributed by atoms with E-state index >= 15 is 0 Å². The Morgan fingerprint density at radius 1 is 1.11 bits per heavy atom. The van der Waals surface area contributed by atoms with Crippen molar-refractivity contribution in [1.29, 1.82) is 0 Å². The van der Waals surface area contributed by atoms with Crippen molar-refractivity contribution in [2.24, 2.45) is 0 Å². The third-order valence-electron chi connectivity index (χ3n) is 3.97. The molecule has 3 aromatic rings. The molecule has 0 aliphatic carbocycles. The van der Waals surface area contributed by atoms with Crippen LogP contribution in [0.3, 0.4) is 0 Å². The molecule has 0 saturated carbocycles. The third-order valence-corrected chi connectivity index (χ3v) is 5.13. The van der Waals surface area contributed by atoms with Gasteiger partial charge in [-0.3, -0.25) is 9.78 Å². The van der Waals surface area contributed by atoms with Crippen molar-refractivity contribution < 1.29 is 14.3 Å². The molecule has 7 heteroatoms. The summed E-state index contributed by atoms with van der Waals surface area (Å²) < 4.78 is 5.39. The van der Waals surface area contributed by atoms with Crippen molar-refractivity contribution >= 4 is 28.9 Å². The minimum absolute atomic E-state index is 0.304. The Bertz CT molecular complexity index is 942. The summed E-state index contributed by atoms with van der Waals surface area (Å²) in [6, 6.07) is 14.7. The Labute approximate surface area is 161 Å². The van der Waals surface area contributed by atoms with Crippen LogP contribution in [-0.2, 0) is 9.53 Å². The molecule has 2 heterocycles. The number of carbonyl (C=O) groups is 2. The van der Waals surface area contributed by atoms with E-state index in [0.717, 1.165) is 5.69 Å². The number of pyridine rings is 1. The Balaban J connectivity index is 1.72. The number of aryl methyl sites for hydroxylation is 1. The van der Waals surface area contributed by atoms with Crippen molar-refractivity contribution in [2.75, 3.05) is 11.9 Å². The summed E-state index contributed by atoms with van der Waals surface area (Å²) in [5.41, 5.74) is 1.98. The molecular formula is C20H19N3O3S. The minimum atomic E-state index is -0.914. The lowest BCUT2D eigenvalue weighted by Gasteiger charge is -2.21. The predicted octanol–water partition coefficient (Wildman–Crippen LogP) is 3.72. The fraction of sp³-hybridized carbons (Fsp3) is 0.200. The highest BCUT2D eigenvalue weighted by molar-refractivity contribution is 7.17. The molecule has 1 aromatic carbocycles. The number of hydrogen-bond acceptors (Lipinski definition) is 6. The van der Waals surface area contributed by atoms with Gasteiger partial charge in [0.15, 0.2) is 6.10 Å². The van der Waals surface area contributed by atoms with Crippen LogP contribution in [0, 0.1) is 6.92 Å². The lowest BCUT2D eigenvalue weighted by atomic mass is 10.2. The van der Waals surface area contributed by atoms with E-state index in [1.165, 1.54) is 16.2 Å². The molecule has 0 radical (unpaired) electrons. The minimum Gasteiger partial charge on any atom is -0.448 e. The first-order valence-corrected chi connectivity index (χ1v) is 9.21. The van der Waals surface area contributed by atoms with Gasteiger partial charge in [-0.25, -0.2) is 9.78 Å². The van der Waals surface area contributed by atoms with Crippen molar-refractivity contribution in [3.8, 4) is 10.7 Å². The Morgan fingerprint density at radius 3 is 2.48 bits per heavy atom. The van der Waals surface area contributed by atoms with Gasteiger partial charge >= 0.3 is 5.97 Å². The number of anilines is 1. The quantitative estimate of drug-likeness (QED) is 0.630. The first-order chi connectivity index (χ1) is 13.0. The molecule has 0 aliphatic rings. The number of hydrogen-bond donors (Lipinski definition) is 0. The molecule has 0 unspecified atom stereocenters. The lowest BCUT2D eigenvalue weighted by molar-refractivity contribution is -0.126. The number of nitrogens with zero attached hydrogens (tertiary/aromatic N) is 3. The summed E-state index contributed by atoms with van der Waals surface area (Å²) in [7, 11) is 1.65. The zero-order valence-corrected chi connectivity index (χ0v) is 16.1. The molecule has 0 bridgehead atoms. The first-order valence-electron chi connectivity index (χ1n) is 8.40. The number of rotatable bonds is 5. The number of amides is 1. The van der Waals surface area contributed by atoms with Crippen LogP contribution in [0.15, 0.2) is 54.7 Å². The summed E-state index contributed by atoms with van der Waals surface area (Å²) in [6.45, 7) is 3.30. The van der Waals surface area contributed by atoms with E-state index in [1.807, 2.05) is 48.5 Å². The average molecular weight is 381 g/mol. The van der Waals surface area contributed by atoms with Crippen LogP contribution >= 0.6 is 11.3 Å². The van der Waals surface area contributed by atoms with Crippen LogP contribution in [0.2, 0.25) is 0 Å². The largest absolute Gasteiger partial charge is 0.448 e. The van der Waals surface area contributed by atoms with Gasteiger partial charge in [-0.1, -0.05) is 24.3 Å². The van der Waals surface area contributed by atoms with Gasteiger partial charge in [0.1, 0.15) is 9.88 Å². The highest BCUT2D eigenvalue weighted by atomic mass is 32.1. The Morgan fingerprint density at radius 2 is 1.81 bits per heavy atom. The fourth-order valence-corrected chi connectivity index (χ4v) is 3.43. The molecule has 1 atom stereocenters. The van der Waals surface area contributed by atoms with Crippen molar-refractivity contribution in [3.63, 3.8) is 0 Å². The number of esters is 1. The molecule has 0 fully saturated rings. The highest BCUT2D eigenvalue weighted by Crippen LogP contribution is 2.27. The van der Waals surface area contributed by atoms with Crippen molar-refractivity contribution in [2.45, 2.75) is 20.0 Å². The highest BCUT2D eigenvalue weighted by Gasteiger charge is 2.25. The molecule has 1 amide bonds. The van der Waals surface area contributed by atoms with Gasteiger partial charge in [-0.15, -0.1) is 11.3 Å². The van der Waals surface area contributed by atoms with Crippen LogP contribution < -0.4 is 4.90 Å². The number of aromatic nitrogens is 2. The van der Waals surface area contributed by atoms with E-state index < -0.39 is 12.1 Å². The standard InChI is InChI=1S/C20H19N3O3S/c1-13-17(27-18(22-13)16-11-7-8-12-21-16)20(25)26-14(2)19(24)23(3)15-9-5-4-6-10-15/h4-12,14H,1-3H3/t14-/m1/s1. The summed E-state index contributed by atoms with van der Waals surface area (Å²) in [4.78, 5) is 35.6. The summed E-state index contributed by atoms with van der Waals surface area (Å²) in [6.07, 6.45) is 0.757. The Kier molecular flexibility index (Phi) is 5.61. The SMILES string of the molecule is Cc1nc(-c2ccccn2)sc1C(=O)O[C@H](C)C(=O)N(C)c1ccccc1. The van der Waals surface area contributed by atoms with Crippen molar-refractivity contribution in [1.82, 2.24) is 9.97 Å². The van der Waals surface area contributed by atoms with Gasteiger partial charge < -0.3 is 9.64 Å². The predicted molar refractivity (Wildman–Crippen MR) is 105 cm³/mol. The second-order valence-electron chi connectivity index (χ2n) is 5.93. The van der Waals surface area contributed by atoms with E-state index in [9.17, 15) is 9.59 Å². The molecule has 2 aromatic heterocycles. The zero-order valence-electron chi connectivity index (χ0n) is 15.2. The van der Waals surface area contributed by atoms with Gasteiger partial charge in [0.05, 0.1) is 11.4 Å². The molecule has 27 heavy (non-hydrogen) atoms. The van der Waals surface area contributed by atoms with Crippen LogP contribution in [0.25, 0.3) is 10.7 Å². The van der Waals surface area contributed by atoms with Crippen LogP contribution in [-0.4, -0.2) is 35.0 Å². The van der Waals surface area contributed by atoms with E-state index in [0.29, 0.717) is 21.3 Å². The summed E-state index contributed by atoms with van der Waals surface area (Å²) >= 11 is 1.21. The molecule has 0 N–H and O–H groups in total. The van der Waals surface area contributed by atoms with Gasteiger partial charge in [-0.05, 0) is 38.1 Å². The maximum absolute atomic E-state index is 12.5. The summed E-state index contributed by atoms with van der Waals surface area (Å²) in [5, 5.41) is 0.639. The second kappa shape index (κ2) is 8.09. The molecule has 138 valence electrons. The van der Waals surface area contributed by atoms with Gasteiger partial charge in [0.2, 0.25) is 0 Å². The maximum atomic E-state index is 12.5. The van der Waals surface area contributed by atoms with Crippen LogP contribution in [0.4, 0.5) is 5.69 Å². The van der Waals surface area contributed by atoms with E-state index in [2.05, 4.69) is 9.97 Å². The monoisotopic (exact) mass is 381 g/mol. The van der Waals surface area contributed by atoms with Gasteiger partial charge in [0, 0.05) is 18.9 Å². The van der Waals surface area contributed by atoms with Gasteiger partial charge in [0.25, 0.3) is 5.91 Å². The normalized spacial score (nSPS) is 11.7. The molecule has 0 spiro atoms. The van der Waals surface area contributed by atoms with Crippen LogP contribution in [0.5, 0.6) is 0 Å². The van der Waals surface area contributed by atoms with E-state index in [4.69, 9.17) is 4.74 Å². The number of ether oxygens (including phenoxy) is 1. The molecule has 0 saturated heterocycles. The van der Waals surface area contributed by atoms with E-state index in [-0.39, 0.29) is 5.91 Å². The second-order valence-corrected chi connectivity index (χ2v) is 6.93. The summed E-state index contributed by atoms with van der Waals surface area (Å²) in [5.74, 6) is -0.865. The van der Waals surface area contributed by atoms with E-state index in [1.54, 1.807) is 27.1 Å². The number of benzene rings is 1. The smallest absolute Gasteiger partial charge is 0.351 e.